The van der Waals surface area contributed by atoms with Gasteiger partial charge in [-0.3, -0.25) is 14.2 Å². The lowest BCUT2D eigenvalue weighted by molar-refractivity contribution is -0.113. The second kappa shape index (κ2) is 9.28. The smallest absolute Gasteiger partial charge is 0.282 e. The van der Waals surface area contributed by atoms with Crippen LogP contribution < -0.4 is 10.9 Å². The van der Waals surface area contributed by atoms with E-state index in [0.717, 1.165) is 11.1 Å². The van der Waals surface area contributed by atoms with Crippen LogP contribution in [0.25, 0.3) is 11.2 Å². The number of thioether (sulfide) groups is 1. The van der Waals surface area contributed by atoms with E-state index in [9.17, 15) is 9.59 Å². The molecule has 0 unspecified atom stereocenters. The van der Waals surface area contributed by atoms with E-state index >= 15 is 0 Å². The number of hydrogen-bond donors (Lipinski definition) is 1. The third-order valence-corrected chi connectivity index (χ3v) is 5.71. The number of nitrogens with zero attached hydrogens (tertiary/aromatic N) is 4. The molecule has 0 aliphatic heterocycles. The number of benzene rings is 2. The molecule has 2 heterocycles. The van der Waals surface area contributed by atoms with Crippen molar-refractivity contribution in [2.75, 3.05) is 11.1 Å². The predicted molar refractivity (Wildman–Crippen MR) is 123 cm³/mol. The Bertz CT molecular complexity index is 1290. The van der Waals surface area contributed by atoms with E-state index in [1.165, 1.54) is 28.7 Å². The first-order valence-corrected chi connectivity index (χ1v) is 10.8. The summed E-state index contributed by atoms with van der Waals surface area (Å²) in [7, 11) is 0. The van der Waals surface area contributed by atoms with Crippen LogP contribution in [0.2, 0.25) is 5.02 Å². The average Bonchev–Trinajstić information content (AvgIpc) is 2.77. The fraction of sp³-hybridized carbons (Fsp3) is 0.136. The first-order valence-electron chi connectivity index (χ1n) is 9.45. The summed E-state index contributed by atoms with van der Waals surface area (Å²) in [5.74, 6) is -0.104. The van der Waals surface area contributed by atoms with Crippen LogP contribution in [0.4, 0.5) is 5.69 Å². The summed E-state index contributed by atoms with van der Waals surface area (Å²) >= 11 is 7.14. The van der Waals surface area contributed by atoms with Crippen LogP contribution in [0.15, 0.2) is 70.9 Å². The number of halogens is 1. The van der Waals surface area contributed by atoms with E-state index < -0.39 is 0 Å². The Kier molecular flexibility index (Phi) is 6.29. The summed E-state index contributed by atoms with van der Waals surface area (Å²) in [4.78, 5) is 38.3. The molecule has 1 amide bonds. The number of carbonyl (C=O) groups is 1. The number of aryl methyl sites for hydroxylation is 1. The van der Waals surface area contributed by atoms with Gasteiger partial charge in [0.1, 0.15) is 0 Å². The van der Waals surface area contributed by atoms with Gasteiger partial charge in [0.15, 0.2) is 16.3 Å². The first kappa shape index (κ1) is 21.0. The van der Waals surface area contributed by atoms with Crippen molar-refractivity contribution in [1.29, 1.82) is 0 Å². The van der Waals surface area contributed by atoms with Crippen molar-refractivity contribution in [3.63, 3.8) is 0 Å². The molecule has 2 aromatic heterocycles. The van der Waals surface area contributed by atoms with Gasteiger partial charge in [-0.1, -0.05) is 53.2 Å². The zero-order chi connectivity index (χ0) is 21.8. The van der Waals surface area contributed by atoms with E-state index in [2.05, 4.69) is 20.3 Å². The minimum Gasteiger partial charge on any atom is -0.325 e. The lowest BCUT2D eigenvalue weighted by atomic mass is 10.2. The zero-order valence-electron chi connectivity index (χ0n) is 16.6. The van der Waals surface area contributed by atoms with Gasteiger partial charge in [0.2, 0.25) is 5.91 Å². The molecular formula is C22H18ClN5O2S. The Balaban J connectivity index is 1.60. The Morgan fingerprint density at radius 3 is 2.52 bits per heavy atom. The Hall–Kier alpha value is -3.23. The molecule has 31 heavy (non-hydrogen) atoms. The van der Waals surface area contributed by atoms with Gasteiger partial charge in [0.05, 0.1) is 12.3 Å². The Morgan fingerprint density at radius 2 is 1.77 bits per heavy atom. The molecule has 4 rings (SSSR count). The van der Waals surface area contributed by atoms with Gasteiger partial charge in [-0.05, 0) is 36.8 Å². The third kappa shape index (κ3) is 5.10. The molecule has 156 valence electrons. The molecule has 0 spiro atoms. The lowest BCUT2D eigenvalue weighted by Crippen LogP contribution is -2.25. The maximum atomic E-state index is 13.1. The quantitative estimate of drug-likeness (QED) is 0.353. The van der Waals surface area contributed by atoms with Gasteiger partial charge < -0.3 is 5.32 Å². The van der Waals surface area contributed by atoms with Crippen molar-refractivity contribution in [1.82, 2.24) is 19.5 Å². The number of fused-ring (bicyclic) bond motifs is 1. The van der Waals surface area contributed by atoms with Gasteiger partial charge in [-0.2, -0.15) is 0 Å². The number of hydrogen-bond acceptors (Lipinski definition) is 6. The number of rotatable bonds is 6. The molecule has 0 atom stereocenters. The van der Waals surface area contributed by atoms with Gasteiger partial charge in [0.25, 0.3) is 5.56 Å². The number of anilines is 1. The second-order valence-electron chi connectivity index (χ2n) is 6.84. The summed E-state index contributed by atoms with van der Waals surface area (Å²) in [6.45, 7) is 2.26. The summed E-state index contributed by atoms with van der Waals surface area (Å²) in [5.41, 5.74) is 2.83. The fourth-order valence-corrected chi connectivity index (χ4v) is 3.83. The standard InChI is InChI=1S/C22H18ClN5O2S/c1-14-2-8-17(9-3-14)26-18(29)13-31-22-27-20-19(24-10-11-25-20)21(30)28(22)12-15-4-6-16(23)7-5-15/h2-11H,12-13H2,1H3,(H,26,29). The highest BCUT2D eigenvalue weighted by atomic mass is 35.5. The summed E-state index contributed by atoms with van der Waals surface area (Å²) in [6, 6.07) is 14.8. The fourth-order valence-electron chi connectivity index (χ4n) is 2.92. The van der Waals surface area contributed by atoms with Gasteiger partial charge >= 0.3 is 0 Å². The highest BCUT2D eigenvalue weighted by molar-refractivity contribution is 7.99. The van der Waals surface area contributed by atoms with Gasteiger partial charge in [-0.15, -0.1) is 0 Å². The van der Waals surface area contributed by atoms with Crippen molar-refractivity contribution < 1.29 is 4.79 Å². The van der Waals surface area contributed by atoms with Crippen molar-refractivity contribution in [2.45, 2.75) is 18.6 Å². The van der Waals surface area contributed by atoms with Gasteiger partial charge in [-0.25, -0.2) is 15.0 Å². The molecule has 7 nitrogen and oxygen atoms in total. The van der Waals surface area contributed by atoms with E-state index in [1.807, 2.05) is 43.3 Å². The van der Waals surface area contributed by atoms with E-state index in [4.69, 9.17) is 11.6 Å². The van der Waals surface area contributed by atoms with Crippen LogP contribution in [0, 0.1) is 6.92 Å². The zero-order valence-corrected chi connectivity index (χ0v) is 18.2. The van der Waals surface area contributed by atoms with Crippen LogP contribution in [0.5, 0.6) is 0 Å². The highest BCUT2D eigenvalue weighted by Crippen LogP contribution is 2.19. The Labute approximate surface area is 187 Å². The molecule has 0 fully saturated rings. The third-order valence-electron chi connectivity index (χ3n) is 4.48. The van der Waals surface area contributed by atoms with E-state index in [0.29, 0.717) is 15.9 Å². The molecular weight excluding hydrogens is 434 g/mol. The summed E-state index contributed by atoms with van der Waals surface area (Å²) in [5, 5.41) is 3.86. The average molecular weight is 452 g/mol. The van der Waals surface area contributed by atoms with Crippen molar-refractivity contribution in [3.8, 4) is 0 Å². The van der Waals surface area contributed by atoms with Gasteiger partial charge in [0, 0.05) is 23.1 Å². The predicted octanol–water partition coefficient (Wildman–Crippen LogP) is 3.93. The van der Waals surface area contributed by atoms with Crippen LogP contribution in [-0.4, -0.2) is 31.2 Å². The van der Waals surface area contributed by atoms with Crippen molar-refractivity contribution in [2.24, 2.45) is 0 Å². The summed E-state index contributed by atoms with van der Waals surface area (Å²) in [6.07, 6.45) is 2.94. The summed E-state index contributed by atoms with van der Waals surface area (Å²) < 4.78 is 1.50. The molecule has 0 aliphatic rings. The number of nitrogens with one attached hydrogen (secondary N) is 1. The molecule has 1 N–H and O–H groups in total. The van der Waals surface area contributed by atoms with Crippen LogP contribution in [0.3, 0.4) is 0 Å². The molecule has 0 saturated carbocycles. The molecule has 2 aromatic carbocycles. The topological polar surface area (TPSA) is 89.8 Å². The SMILES string of the molecule is Cc1ccc(NC(=O)CSc2nc3nccnc3c(=O)n2Cc2ccc(Cl)cc2)cc1. The molecule has 0 aliphatic carbocycles. The van der Waals surface area contributed by atoms with Crippen molar-refractivity contribution >= 4 is 46.1 Å². The van der Waals surface area contributed by atoms with Crippen LogP contribution in [0.1, 0.15) is 11.1 Å². The minimum absolute atomic E-state index is 0.0900. The highest BCUT2D eigenvalue weighted by Gasteiger charge is 2.15. The molecule has 0 bridgehead atoms. The van der Waals surface area contributed by atoms with Crippen LogP contribution in [-0.2, 0) is 11.3 Å². The largest absolute Gasteiger partial charge is 0.325 e. The molecule has 9 heteroatoms. The van der Waals surface area contributed by atoms with E-state index in [1.54, 1.807) is 12.1 Å². The number of carbonyl (C=O) groups excluding carboxylic acids is 1. The minimum atomic E-state index is -0.311. The molecule has 0 radical (unpaired) electrons. The normalized spacial score (nSPS) is 10.9. The monoisotopic (exact) mass is 451 g/mol. The number of amides is 1. The van der Waals surface area contributed by atoms with Crippen molar-refractivity contribution in [3.05, 3.63) is 87.4 Å². The Morgan fingerprint density at radius 1 is 1.06 bits per heavy atom. The first-order chi connectivity index (χ1) is 15.0. The molecule has 4 aromatic rings. The van der Waals surface area contributed by atoms with Crippen LogP contribution >= 0.6 is 23.4 Å². The number of aromatic nitrogens is 4. The second-order valence-corrected chi connectivity index (χ2v) is 8.22. The maximum absolute atomic E-state index is 13.1. The van der Waals surface area contributed by atoms with E-state index in [-0.39, 0.29) is 34.9 Å². The molecule has 0 saturated heterocycles. The maximum Gasteiger partial charge on any atom is 0.282 e. The lowest BCUT2D eigenvalue weighted by Gasteiger charge is -2.13.